The zero-order valence-electron chi connectivity index (χ0n) is 51.5. The second-order valence-corrected chi connectivity index (χ2v) is 22.0. The topological polar surface area (TPSA) is 185 Å². The maximum absolute atomic E-state index is 13.0. The molecule has 0 aromatic rings. The quantitative estimate of drug-likeness (QED) is 0.0242. The Bertz CT molecular complexity index is 1490. The van der Waals surface area contributed by atoms with E-state index in [2.05, 4.69) is 40.5 Å². The lowest BCUT2D eigenvalue weighted by molar-refractivity contribution is -0.167. The molecule has 0 heterocycles. The summed E-state index contributed by atoms with van der Waals surface area (Å²) >= 11 is 0. The lowest BCUT2D eigenvalue weighted by Crippen LogP contribution is -2.30. The molecule has 0 bridgehead atoms. The van der Waals surface area contributed by atoms with Crippen LogP contribution in [0.2, 0.25) is 0 Å². The molecule has 0 amide bonds. The van der Waals surface area contributed by atoms with Gasteiger partial charge in [0.1, 0.15) is 31.5 Å². The molecule has 0 fully saturated rings. The van der Waals surface area contributed by atoms with Crippen molar-refractivity contribution in [1.29, 1.82) is 0 Å². The monoisotopic (exact) mass is 1150 g/mol. The van der Waals surface area contributed by atoms with Gasteiger partial charge >= 0.3 is 36.4 Å². The Labute approximate surface area is 491 Å². The molecule has 0 aromatic carbocycles. The summed E-state index contributed by atoms with van der Waals surface area (Å²) < 4.78 is 47.8. The van der Waals surface area contributed by atoms with E-state index < -0.39 is 30.5 Å². The molecule has 0 aliphatic heterocycles. The van der Waals surface area contributed by atoms with E-state index in [4.69, 9.17) is 42.6 Å². The predicted molar refractivity (Wildman–Crippen MR) is 321 cm³/mol. The third-order valence-electron chi connectivity index (χ3n) is 14.6. The molecule has 15 heteroatoms. The molecule has 0 saturated carbocycles. The molecule has 0 unspecified atom stereocenters. The van der Waals surface area contributed by atoms with Gasteiger partial charge in [-0.25, -0.2) is 14.4 Å². The van der Waals surface area contributed by atoms with Gasteiger partial charge in [0.15, 0.2) is 6.10 Å². The first-order valence-corrected chi connectivity index (χ1v) is 32.5. The van der Waals surface area contributed by atoms with Crippen molar-refractivity contribution in [3.8, 4) is 0 Å². The third kappa shape index (κ3) is 53.2. The van der Waals surface area contributed by atoms with Crippen LogP contribution in [0.15, 0.2) is 38.5 Å². The smallest absolute Gasteiger partial charge is 0.462 e. The predicted octanol–water partition coefficient (Wildman–Crippen LogP) is 19.6. The van der Waals surface area contributed by atoms with Crippen molar-refractivity contribution < 1.29 is 71.4 Å². The summed E-state index contributed by atoms with van der Waals surface area (Å²) in [6.07, 6.45) is 42.9. The van der Waals surface area contributed by atoms with Crippen LogP contribution in [0.25, 0.3) is 0 Å². The molecule has 0 saturated heterocycles. The Morgan fingerprint density at radius 1 is 0.284 bits per heavy atom. The average molecular weight is 1150 g/mol. The number of rotatable bonds is 59. The highest BCUT2D eigenvalue weighted by molar-refractivity contribution is 5.71. The zero-order chi connectivity index (χ0) is 59.5. The van der Waals surface area contributed by atoms with Gasteiger partial charge < -0.3 is 42.6 Å². The zero-order valence-corrected chi connectivity index (χ0v) is 51.5. The van der Waals surface area contributed by atoms with E-state index in [0.29, 0.717) is 19.3 Å². The van der Waals surface area contributed by atoms with Crippen molar-refractivity contribution in [2.24, 2.45) is 0 Å². The lowest BCUT2D eigenvalue weighted by atomic mass is 10.0. The van der Waals surface area contributed by atoms with Gasteiger partial charge in [-0.15, -0.1) is 0 Å². The molecular formula is C66H116O15. The van der Waals surface area contributed by atoms with E-state index in [1.54, 1.807) is 0 Å². The van der Waals surface area contributed by atoms with Crippen molar-refractivity contribution in [3.63, 3.8) is 0 Å². The van der Waals surface area contributed by atoms with E-state index in [9.17, 15) is 28.8 Å². The fraction of sp³-hybridized carbons (Fsp3) is 0.818. The Balaban J connectivity index is 4.82. The lowest BCUT2D eigenvalue weighted by Gasteiger charge is -2.18. The first-order chi connectivity index (χ1) is 39.5. The van der Waals surface area contributed by atoms with Crippen molar-refractivity contribution in [2.75, 3.05) is 13.2 Å². The number of carbonyl (C=O) groups excluding carboxylic acids is 6. The highest BCUT2D eigenvalue weighted by Crippen LogP contribution is 2.21. The standard InChI is InChI=1S/C66H116O15/c1-7-13-16-37-46-57(79-64(70)73-10-4)49-40-31-25-19-22-28-34-43-52-61(67)76-55-60(78-63(69)54-45-36-30-24-21-27-33-42-51-59(48-39-18-15-9-3)81-66(72)75-12-6)56-77-62(68)53-44-35-29-23-20-26-32-41-50-58(47-38-17-14-8-2)80-65(71)74-11-5/h10-12,57-60H,4-9,13-56H2,1-3H3/t57-,58-,59-/m1/s1. The van der Waals surface area contributed by atoms with Gasteiger partial charge in [-0.1, -0.05) is 214 Å². The van der Waals surface area contributed by atoms with Crippen molar-refractivity contribution in [1.82, 2.24) is 0 Å². The molecular weight excluding hydrogens is 1030 g/mol. The summed E-state index contributed by atoms with van der Waals surface area (Å²) in [4.78, 5) is 74.3. The molecule has 3 atom stereocenters. The number of hydrogen-bond donors (Lipinski definition) is 0. The summed E-state index contributed by atoms with van der Waals surface area (Å²) in [7, 11) is 0. The van der Waals surface area contributed by atoms with Crippen LogP contribution >= 0.6 is 0 Å². The summed E-state index contributed by atoms with van der Waals surface area (Å²) in [5, 5.41) is 0. The third-order valence-corrected chi connectivity index (χ3v) is 14.6. The Hall–Kier alpha value is -4.56. The van der Waals surface area contributed by atoms with E-state index in [1.165, 1.54) is 19.3 Å². The molecule has 0 rings (SSSR count). The first kappa shape index (κ1) is 76.4. The largest absolute Gasteiger partial charge is 0.513 e. The molecule has 0 aromatic heterocycles. The molecule has 15 nitrogen and oxygen atoms in total. The molecule has 470 valence electrons. The summed E-state index contributed by atoms with van der Waals surface area (Å²) in [6, 6.07) is 0. The Morgan fingerprint density at radius 3 is 0.753 bits per heavy atom. The number of carbonyl (C=O) groups is 6. The van der Waals surface area contributed by atoms with E-state index in [1.807, 2.05) is 0 Å². The first-order valence-electron chi connectivity index (χ1n) is 32.5. The number of hydrogen-bond acceptors (Lipinski definition) is 15. The van der Waals surface area contributed by atoms with Crippen molar-refractivity contribution in [2.45, 2.75) is 334 Å². The van der Waals surface area contributed by atoms with Crippen LogP contribution < -0.4 is 0 Å². The fourth-order valence-electron chi connectivity index (χ4n) is 9.86. The normalized spacial score (nSPS) is 12.1. The van der Waals surface area contributed by atoms with Crippen LogP contribution in [0.5, 0.6) is 0 Å². The van der Waals surface area contributed by atoms with Gasteiger partial charge in [0.2, 0.25) is 0 Å². The maximum Gasteiger partial charge on any atom is 0.513 e. The fourth-order valence-corrected chi connectivity index (χ4v) is 9.86. The van der Waals surface area contributed by atoms with Gasteiger partial charge in [-0.2, -0.15) is 0 Å². The minimum atomic E-state index is -0.882. The van der Waals surface area contributed by atoms with E-state index in [0.717, 1.165) is 250 Å². The van der Waals surface area contributed by atoms with Gasteiger partial charge in [-0.05, 0) is 96.3 Å². The van der Waals surface area contributed by atoms with Gasteiger partial charge in [-0.3, -0.25) is 14.4 Å². The number of ether oxygens (including phenoxy) is 9. The van der Waals surface area contributed by atoms with Gasteiger partial charge in [0.25, 0.3) is 0 Å². The average Bonchev–Trinajstić information content (AvgIpc) is 3.44. The number of esters is 3. The summed E-state index contributed by atoms with van der Waals surface area (Å²) in [5.41, 5.74) is 0. The van der Waals surface area contributed by atoms with E-state index >= 15 is 0 Å². The second-order valence-electron chi connectivity index (χ2n) is 22.0. The summed E-state index contributed by atoms with van der Waals surface area (Å²) in [5.74, 6) is -1.13. The molecule has 81 heavy (non-hydrogen) atoms. The minimum Gasteiger partial charge on any atom is -0.462 e. The van der Waals surface area contributed by atoms with Gasteiger partial charge in [0.05, 0.1) is 18.8 Å². The van der Waals surface area contributed by atoms with Gasteiger partial charge in [0, 0.05) is 19.3 Å². The molecule has 0 aliphatic carbocycles. The molecule has 0 N–H and O–H groups in total. The Morgan fingerprint density at radius 2 is 0.506 bits per heavy atom. The van der Waals surface area contributed by atoms with Crippen molar-refractivity contribution >= 4 is 36.4 Å². The van der Waals surface area contributed by atoms with Crippen LogP contribution in [0, 0.1) is 0 Å². The number of unbranched alkanes of at least 4 members (excludes halogenated alkanes) is 30. The summed E-state index contributed by atoms with van der Waals surface area (Å²) in [6.45, 7) is 16.5. The molecule has 0 radical (unpaired) electrons. The SMILES string of the molecule is C=COC(=O)O[C@H](CCCCCC)CCCCCCCCCCC(=O)OCC(COC(=O)CCCCCCCCCC[C@@H](CCCCCC)OC(=O)OC=C)OC(=O)CCCCCCCCCC[C@@H](CCCCCC)OC(=O)OC=C. The minimum absolute atomic E-state index is 0.133. The van der Waals surface area contributed by atoms with Crippen LogP contribution in [-0.4, -0.2) is 74.0 Å². The highest BCUT2D eigenvalue weighted by Gasteiger charge is 2.21. The van der Waals surface area contributed by atoms with Crippen LogP contribution in [0.4, 0.5) is 14.4 Å². The van der Waals surface area contributed by atoms with Crippen LogP contribution in [0.3, 0.4) is 0 Å². The molecule has 0 aliphatic rings. The second kappa shape index (κ2) is 58.6. The van der Waals surface area contributed by atoms with Crippen LogP contribution in [-0.2, 0) is 57.0 Å². The molecule has 0 spiro atoms. The maximum atomic E-state index is 13.0. The highest BCUT2D eigenvalue weighted by atomic mass is 16.7. The van der Waals surface area contributed by atoms with E-state index in [-0.39, 0.29) is 62.7 Å². The van der Waals surface area contributed by atoms with Crippen molar-refractivity contribution in [3.05, 3.63) is 38.5 Å². The Kier molecular flexibility index (Phi) is 55.3. The van der Waals surface area contributed by atoms with Crippen LogP contribution in [0.1, 0.15) is 310 Å².